The number of nitrogens with one attached hydrogen (secondary N) is 1. The van der Waals surface area contributed by atoms with Crippen molar-refractivity contribution in [2.45, 2.75) is 50.8 Å². The Labute approximate surface area is 199 Å². The van der Waals surface area contributed by atoms with Crippen molar-refractivity contribution in [2.24, 2.45) is 5.92 Å². The highest BCUT2D eigenvalue weighted by Crippen LogP contribution is 2.39. The van der Waals surface area contributed by atoms with E-state index in [1.807, 2.05) is 0 Å². The lowest BCUT2D eigenvalue weighted by Crippen LogP contribution is -2.39. The summed E-state index contributed by atoms with van der Waals surface area (Å²) in [4.78, 5) is 26.7. The molecule has 9 heteroatoms. The number of nitrogens with zero attached hydrogens (tertiary/aromatic N) is 1. The van der Waals surface area contributed by atoms with Crippen molar-refractivity contribution in [2.75, 3.05) is 31.6 Å². The quantitative estimate of drug-likeness (QED) is 0.442. The van der Waals surface area contributed by atoms with E-state index in [-0.39, 0.29) is 23.2 Å². The first-order chi connectivity index (χ1) is 15.8. The van der Waals surface area contributed by atoms with Crippen molar-refractivity contribution in [1.82, 2.24) is 4.31 Å². The predicted octanol–water partition coefficient (Wildman–Crippen LogP) is 4.13. The van der Waals surface area contributed by atoms with Gasteiger partial charge in [-0.3, -0.25) is 4.79 Å². The molecule has 1 atom stereocenters. The standard InChI is InChI=1S/C24H30N2O5S2/c1-3-31-24(28)22-19-10-5-11-21(19)32-23(22)25-14-20(27)17-8-4-9-18(13-17)33(29,30)26-12-6-7-16(2)15-26/h4,8-9,13,16,25H,3,5-7,10-12,14-15H2,1-2H3. The number of hydrogen-bond donors (Lipinski definition) is 1. The normalized spacial score (nSPS) is 18.7. The first kappa shape index (κ1) is 23.9. The number of sulfonamides is 1. The van der Waals surface area contributed by atoms with Gasteiger partial charge in [-0.25, -0.2) is 13.2 Å². The summed E-state index contributed by atoms with van der Waals surface area (Å²) in [7, 11) is -3.64. The van der Waals surface area contributed by atoms with E-state index in [9.17, 15) is 18.0 Å². The van der Waals surface area contributed by atoms with Crippen LogP contribution in [-0.4, -0.2) is 50.7 Å². The second kappa shape index (κ2) is 9.95. The van der Waals surface area contributed by atoms with Gasteiger partial charge in [0.25, 0.3) is 0 Å². The Morgan fingerprint density at radius 2 is 2.06 bits per heavy atom. The third kappa shape index (κ3) is 5.00. The fourth-order valence-corrected chi connectivity index (χ4v) is 7.47. The van der Waals surface area contributed by atoms with E-state index < -0.39 is 10.0 Å². The number of anilines is 1. The molecule has 1 aromatic heterocycles. The molecule has 1 fully saturated rings. The van der Waals surface area contributed by atoms with Gasteiger partial charge in [-0.15, -0.1) is 11.3 Å². The van der Waals surface area contributed by atoms with E-state index >= 15 is 0 Å². The van der Waals surface area contributed by atoms with Crippen LogP contribution < -0.4 is 5.32 Å². The maximum absolute atomic E-state index is 13.1. The van der Waals surface area contributed by atoms with Crippen molar-refractivity contribution in [1.29, 1.82) is 0 Å². The smallest absolute Gasteiger partial charge is 0.341 e. The summed E-state index contributed by atoms with van der Waals surface area (Å²) in [6.45, 7) is 5.09. The number of aryl methyl sites for hydroxylation is 1. The lowest BCUT2D eigenvalue weighted by molar-refractivity contribution is 0.0526. The minimum absolute atomic E-state index is 0.0317. The number of benzene rings is 1. The minimum atomic E-state index is -3.64. The topological polar surface area (TPSA) is 92.8 Å². The zero-order valence-electron chi connectivity index (χ0n) is 19.1. The molecule has 1 aromatic carbocycles. The summed E-state index contributed by atoms with van der Waals surface area (Å²) in [5.74, 6) is -0.276. The first-order valence-corrected chi connectivity index (χ1v) is 13.8. The number of piperidine rings is 1. The molecular formula is C24H30N2O5S2. The van der Waals surface area contributed by atoms with Crippen molar-refractivity contribution in [3.05, 3.63) is 45.8 Å². The molecule has 1 N–H and O–H groups in total. The third-order valence-electron chi connectivity index (χ3n) is 6.22. The predicted molar refractivity (Wildman–Crippen MR) is 129 cm³/mol. The van der Waals surface area contributed by atoms with E-state index in [1.165, 1.54) is 21.7 Å². The largest absolute Gasteiger partial charge is 0.462 e. The summed E-state index contributed by atoms with van der Waals surface area (Å²) in [6, 6.07) is 6.24. The number of carbonyl (C=O) groups is 2. The first-order valence-electron chi connectivity index (χ1n) is 11.5. The molecule has 0 radical (unpaired) electrons. The van der Waals surface area contributed by atoms with Crippen LogP contribution in [0.3, 0.4) is 0 Å². The molecule has 33 heavy (non-hydrogen) atoms. The molecule has 0 saturated carbocycles. The van der Waals surface area contributed by atoms with Gasteiger partial charge in [0.05, 0.1) is 23.6 Å². The summed E-state index contributed by atoms with van der Waals surface area (Å²) in [5.41, 5.74) is 1.89. The molecule has 0 bridgehead atoms. The zero-order valence-corrected chi connectivity index (χ0v) is 20.7. The molecule has 178 valence electrons. The molecule has 1 aliphatic carbocycles. The molecule has 2 heterocycles. The number of fused-ring (bicyclic) bond motifs is 1. The maximum atomic E-state index is 13.1. The van der Waals surface area contributed by atoms with Crippen LogP contribution in [0.2, 0.25) is 0 Å². The molecule has 1 saturated heterocycles. The third-order valence-corrected chi connectivity index (χ3v) is 9.33. The van der Waals surface area contributed by atoms with E-state index in [0.717, 1.165) is 42.5 Å². The molecule has 7 nitrogen and oxygen atoms in total. The number of esters is 1. The Balaban J connectivity index is 1.50. The Hall–Kier alpha value is -2.23. The van der Waals surface area contributed by atoms with Gasteiger partial charge >= 0.3 is 5.97 Å². The van der Waals surface area contributed by atoms with Gasteiger partial charge in [-0.1, -0.05) is 19.1 Å². The van der Waals surface area contributed by atoms with Crippen molar-refractivity contribution < 1.29 is 22.7 Å². The van der Waals surface area contributed by atoms with Gasteiger partial charge in [0, 0.05) is 23.5 Å². The van der Waals surface area contributed by atoms with Gasteiger partial charge in [0.2, 0.25) is 10.0 Å². The Morgan fingerprint density at radius 1 is 1.24 bits per heavy atom. The molecule has 0 spiro atoms. The maximum Gasteiger partial charge on any atom is 0.341 e. The van der Waals surface area contributed by atoms with E-state index in [2.05, 4.69) is 12.2 Å². The summed E-state index contributed by atoms with van der Waals surface area (Å²) < 4.78 is 32.9. The lowest BCUT2D eigenvalue weighted by Gasteiger charge is -2.30. The number of Topliss-reactive ketones (excluding diaryl/α,β-unsaturated/α-hetero) is 1. The second-order valence-electron chi connectivity index (χ2n) is 8.70. The van der Waals surface area contributed by atoms with Gasteiger partial charge in [-0.05, 0) is 62.6 Å². The summed E-state index contributed by atoms with van der Waals surface area (Å²) >= 11 is 1.50. The van der Waals surface area contributed by atoms with Gasteiger partial charge in [-0.2, -0.15) is 4.31 Å². The second-order valence-corrected chi connectivity index (χ2v) is 11.7. The molecule has 1 unspecified atom stereocenters. The molecule has 4 rings (SSSR count). The number of rotatable bonds is 8. The van der Waals surface area contributed by atoms with E-state index in [4.69, 9.17) is 4.74 Å². The molecule has 1 aliphatic heterocycles. The SMILES string of the molecule is CCOC(=O)c1c(NCC(=O)c2cccc(S(=O)(=O)N3CCCC(C)C3)c2)sc2c1CCC2. The zero-order chi connectivity index (χ0) is 23.6. The van der Waals surface area contributed by atoms with Crippen LogP contribution in [0.4, 0.5) is 5.00 Å². The monoisotopic (exact) mass is 490 g/mol. The van der Waals surface area contributed by atoms with Gasteiger partial charge in [0.15, 0.2) is 5.78 Å². The van der Waals surface area contributed by atoms with Crippen molar-refractivity contribution >= 4 is 38.1 Å². The van der Waals surface area contributed by atoms with E-state index in [0.29, 0.717) is 41.7 Å². The molecular weight excluding hydrogens is 460 g/mol. The average molecular weight is 491 g/mol. The lowest BCUT2D eigenvalue weighted by atomic mass is 10.0. The molecule has 2 aliphatic rings. The van der Waals surface area contributed by atoms with Crippen molar-refractivity contribution in [3.63, 3.8) is 0 Å². The van der Waals surface area contributed by atoms with Crippen LogP contribution in [0.5, 0.6) is 0 Å². The number of thiophene rings is 1. The van der Waals surface area contributed by atoms with Crippen LogP contribution in [0.15, 0.2) is 29.2 Å². The number of hydrogen-bond acceptors (Lipinski definition) is 7. The Kier molecular flexibility index (Phi) is 7.21. The highest BCUT2D eigenvalue weighted by atomic mass is 32.2. The minimum Gasteiger partial charge on any atom is -0.462 e. The Bertz CT molecular complexity index is 1160. The Morgan fingerprint density at radius 3 is 2.82 bits per heavy atom. The van der Waals surface area contributed by atoms with Gasteiger partial charge in [0.1, 0.15) is 5.00 Å². The summed E-state index contributed by atoms with van der Waals surface area (Å²) in [5, 5.41) is 3.77. The number of carbonyl (C=O) groups excluding carboxylic acids is 2. The van der Waals surface area contributed by atoms with E-state index in [1.54, 1.807) is 25.1 Å². The average Bonchev–Trinajstić information content (AvgIpc) is 3.38. The number of ketones is 1. The molecule has 2 aromatic rings. The highest BCUT2D eigenvalue weighted by molar-refractivity contribution is 7.89. The highest BCUT2D eigenvalue weighted by Gasteiger charge is 2.30. The van der Waals surface area contributed by atoms with Crippen LogP contribution in [0, 0.1) is 5.92 Å². The van der Waals surface area contributed by atoms with Crippen LogP contribution >= 0.6 is 11.3 Å². The van der Waals surface area contributed by atoms with Crippen LogP contribution in [-0.2, 0) is 27.6 Å². The van der Waals surface area contributed by atoms with Crippen LogP contribution in [0.25, 0.3) is 0 Å². The molecule has 0 amide bonds. The number of ether oxygens (including phenoxy) is 1. The summed E-state index contributed by atoms with van der Waals surface area (Å²) in [6.07, 6.45) is 4.65. The fraction of sp³-hybridized carbons (Fsp3) is 0.500. The van der Waals surface area contributed by atoms with Crippen LogP contribution in [0.1, 0.15) is 64.3 Å². The fourth-order valence-electron chi connectivity index (χ4n) is 4.55. The van der Waals surface area contributed by atoms with Gasteiger partial charge < -0.3 is 10.1 Å². The van der Waals surface area contributed by atoms with Crippen molar-refractivity contribution in [3.8, 4) is 0 Å².